The number of piperidine rings is 1. The van der Waals surface area contributed by atoms with E-state index in [9.17, 15) is 13.2 Å². The van der Waals surface area contributed by atoms with Crippen molar-refractivity contribution in [1.82, 2.24) is 9.21 Å². The van der Waals surface area contributed by atoms with Gasteiger partial charge in [-0.3, -0.25) is 4.79 Å². The summed E-state index contributed by atoms with van der Waals surface area (Å²) in [5.41, 5.74) is 0.407. The molecule has 0 N–H and O–H groups in total. The van der Waals surface area contributed by atoms with Crippen molar-refractivity contribution in [2.24, 2.45) is 5.41 Å². The van der Waals surface area contributed by atoms with Crippen LogP contribution in [0.3, 0.4) is 0 Å². The number of nitrogens with zero attached hydrogens (tertiary/aromatic N) is 2. The first kappa shape index (κ1) is 26.4. The Hall–Kier alpha value is -2.68. The number of halogens is 1. The van der Waals surface area contributed by atoms with Crippen LogP contribution >= 0.6 is 15.9 Å². The molecule has 0 spiro atoms. The molecule has 0 unspecified atom stereocenters. The summed E-state index contributed by atoms with van der Waals surface area (Å²) in [5, 5.41) is 0. The highest BCUT2D eigenvalue weighted by atomic mass is 79.9. The number of carbonyl (C=O) groups excluding carboxylic acids is 1. The number of carbonyl (C=O) groups is 1. The van der Waals surface area contributed by atoms with Gasteiger partial charge in [0.15, 0.2) is 0 Å². The van der Waals surface area contributed by atoms with E-state index in [1.54, 1.807) is 36.2 Å². The van der Waals surface area contributed by atoms with Gasteiger partial charge < -0.3 is 9.64 Å². The lowest BCUT2D eigenvalue weighted by atomic mass is 9.78. The molecule has 1 amide bonds. The molecule has 3 aromatic carbocycles. The van der Waals surface area contributed by atoms with E-state index in [1.165, 1.54) is 4.31 Å². The second-order valence-electron chi connectivity index (χ2n) is 9.41. The van der Waals surface area contributed by atoms with Crippen LogP contribution in [0.5, 0.6) is 5.75 Å². The Bertz CT molecular complexity index is 1250. The first-order valence-electron chi connectivity index (χ1n) is 12.0. The molecular weight excluding hydrogens is 540 g/mol. The van der Waals surface area contributed by atoms with Gasteiger partial charge in [-0.1, -0.05) is 64.5 Å². The fraction of sp³-hybridized carbons (Fsp3) is 0.321. The van der Waals surface area contributed by atoms with Crippen LogP contribution < -0.4 is 4.74 Å². The number of para-hydroxylation sites is 1. The van der Waals surface area contributed by atoms with Crippen molar-refractivity contribution in [1.29, 1.82) is 0 Å². The first-order valence-corrected chi connectivity index (χ1v) is 14.2. The van der Waals surface area contributed by atoms with Crippen LogP contribution in [0.4, 0.5) is 0 Å². The minimum atomic E-state index is -3.71. The summed E-state index contributed by atoms with van der Waals surface area (Å²) >= 11 is 3.37. The Morgan fingerprint density at radius 2 is 1.64 bits per heavy atom. The van der Waals surface area contributed by atoms with Crippen LogP contribution in [-0.4, -0.2) is 50.3 Å². The monoisotopic (exact) mass is 570 g/mol. The van der Waals surface area contributed by atoms with Crippen LogP contribution in [0.2, 0.25) is 0 Å². The fourth-order valence-electron chi connectivity index (χ4n) is 4.59. The second kappa shape index (κ2) is 11.6. The van der Waals surface area contributed by atoms with Gasteiger partial charge in [0.1, 0.15) is 5.75 Å². The molecule has 8 heteroatoms. The van der Waals surface area contributed by atoms with Gasteiger partial charge in [0.05, 0.1) is 11.5 Å². The Morgan fingerprint density at radius 1 is 1.00 bits per heavy atom. The van der Waals surface area contributed by atoms with Gasteiger partial charge in [0, 0.05) is 43.0 Å². The Kier molecular flexibility index (Phi) is 8.49. The van der Waals surface area contributed by atoms with Crippen molar-refractivity contribution in [2.75, 3.05) is 26.7 Å². The minimum Gasteiger partial charge on any atom is -0.493 e. The lowest BCUT2D eigenvalue weighted by Gasteiger charge is -2.42. The maximum atomic E-state index is 13.5. The number of hydrogen-bond donors (Lipinski definition) is 0. The van der Waals surface area contributed by atoms with E-state index < -0.39 is 15.4 Å². The van der Waals surface area contributed by atoms with E-state index >= 15 is 0 Å². The highest BCUT2D eigenvalue weighted by Gasteiger charge is 2.43. The minimum absolute atomic E-state index is 0.0293. The Labute approximate surface area is 222 Å². The molecular formula is C28H31BrN2O4S. The van der Waals surface area contributed by atoms with Crippen molar-refractivity contribution < 1.29 is 17.9 Å². The van der Waals surface area contributed by atoms with Gasteiger partial charge >= 0.3 is 0 Å². The van der Waals surface area contributed by atoms with Crippen molar-refractivity contribution in [3.8, 4) is 5.75 Å². The topological polar surface area (TPSA) is 66.9 Å². The molecule has 1 fully saturated rings. The van der Waals surface area contributed by atoms with Crippen molar-refractivity contribution in [2.45, 2.75) is 30.7 Å². The summed E-state index contributed by atoms with van der Waals surface area (Å²) in [6, 6.07) is 25.9. The second-order valence-corrected chi connectivity index (χ2v) is 12.3. The number of benzene rings is 3. The van der Waals surface area contributed by atoms with Gasteiger partial charge in [-0.15, -0.1) is 0 Å². The summed E-state index contributed by atoms with van der Waals surface area (Å²) in [5.74, 6) is 0.674. The molecule has 1 aliphatic rings. The third kappa shape index (κ3) is 6.55. The summed E-state index contributed by atoms with van der Waals surface area (Å²) in [6.07, 6.45) is 1.57. The average Bonchev–Trinajstić information content (AvgIpc) is 2.89. The van der Waals surface area contributed by atoms with Gasteiger partial charge in [0.2, 0.25) is 15.9 Å². The molecule has 1 heterocycles. The molecule has 1 aliphatic heterocycles. The van der Waals surface area contributed by atoms with Crippen LogP contribution in [0.25, 0.3) is 0 Å². The first-order chi connectivity index (χ1) is 17.3. The molecule has 3 aromatic rings. The third-order valence-electron chi connectivity index (χ3n) is 6.58. The SMILES string of the molecule is CN(Cc1ccccc1)C(=O)C[C@@]1(COc2ccccc2)CCCN(S(=O)(=O)c2ccc(Br)cc2)C1. The molecule has 36 heavy (non-hydrogen) atoms. The van der Waals surface area contributed by atoms with Crippen molar-refractivity contribution >= 4 is 31.9 Å². The van der Waals surface area contributed by atoms with Crippen molar-refractivity contribution in [3.63, 3.8) is 0 Å². The largest absolute Gasteiger partial charge is 0.493 e. The van der Waals surface area contributed by atoms with E-state index in [4.69, 9.17) is 4.74 Å². The number of hydrogen-bond acceptors (Lipinski definition) is 4. The number of sulfonamides is 1. The number of rotatable bonds is 9. The van der Waals surface area contributed by atoms with Gasteiger partial charge in [0.25, 0.3) is 0 Å². The summed E-state index contributed by atoms with van der Waals surface area (Å²) in [7, 11) is -1.91. The molecule has 1 saturated heterocycles. The normalized spacial score (nSPS) is 18.5. The maximum absolute atomic E-state index is 13.5. The van der Waals surface area contributed by atoms with E-state index in [1.807, 2.05) is 60.7 Å². The average molecular weight is 572 g/mol. The molecule has 1 atom stereocenters. The standard InChI is InChI=1S/C28H31BrN2O4S/c1-30(20-23-9-4-2-5-10-23)27(32)19-28(22-35-25-11-6-3-7-12-25)17-8-18-31(21-28)36(33,34)26-15-13-24(29)14-16-26/h2-7,9-16H,8,17-22H2,1H3/t28-/m0/s1. The molecule has 4 rings (SSSR count). The molecule has 0 saturated carbocycles. The predicted octanol–water partition coefficient (Wildman–Crippen LogP) is 5.35. The van der Waals surface area contributed by atoms with Crippen LogP contribution in [0.1, 0.15) is 24.8 Å². The molecule has 0 aromatic heterocycles. The molecule has 0 aliphatic carbocycles. The third-order valence-corrected chi connectivity index (χ3v) is 8.97. The lowest BCUT2D eigenvalue weighted by Crippen LogP contribution is -2.50. The number of ether oxygens (including phenoxy) is 1. The van der Waals surface area contributed by atoms with Crippen LogP contribution in [0, 0.1) is 5.41 Å². The van der Waals surface area contributed by atoms with Gasteiger partial charge in [-0.2, -0.15) is 4.31 Å². The van der Waals surface area contributed by atoms with Crippen LogP contribution in [0.15, 0.2) is 94.3 Å². The highest BCUT2D eigenvalue weighted by Crippen LogP contribution is 2.37. The van der Waals surface area contributed by atoms with Gasteiger partial charge in [-0.05, 0) is 54.8 Å². The molecule has 0 radical (unpaired) electrons. The van der Waals surface area contributed by atoms with E-state index in [0.717, 1.165) is 10.0 Å². The highest BCUT2D eigenvalue weighted by molar-refractivity contribution is 9.10. The molecule has 190 valence electrons. The van der Waals surface area contributed by atoms with E-state index in [2.05, 4.69) is 15.9 Å². The van der Waals surface area contributed by atoms with Crippen molar-refractivity contribution in [3.05, 3.63) is 95.0 Å². The summed E-state index contributed by atoms with van der Waals surface area (Å²) in [4.78, 5) is 15.4. The summed E-state index contributed by atoms with van der Waals surface area (Å²) in [6.45, 7) is 1.40. The predicted molar refractivity (Wildman–Crippen MR) is 144 cm³/mol. The molecule has 6 nitrogen and oxygen atoms in total. The van der Waals surface area contributed by atoms with Crippen LogP contribution in [-0.2, 0) is 21.4 Å². The maximum Gasteiger partial charge on any atom is 0.243 e. The van der Waals surface area contributed by atoms with E-state index in [-0.39, 0.29) is 30.4 Å². The zero-order valence-corrected chi connectivity index (χ0v) is 22.7. The summed E-state index contributed by atoms with van der Waals surface area (Å²) < 4.78 is 35.5. The Balaban J connectivity index is 1.56. The van der Waals surface area contributed by atoms with Gasteiger partial charge in [-0.25, -0.2) is 8.42 Å². The Morgan fingerprint density at radius 3 is 2.31 bits per heavy atom. The lowest BCUT2D eigenvalue weighted by molar-refractivity contribution is -0.134. The smallest absolute Gasteiger partial charge is 0.243 e. The fourth-order valence-corrected chi connectivity index (χ4v) is 6.45. The number of amides is 1. The zero-order chi connectivity index (χ0) is 25.6. The quantitative estimate of drug-likeness (QED) is 0.348. The molecule has 0 bridgehead atoms. The van der Waals surface area contributed by atoms with E-state index in [0.29, 0.717) is 31.7 Å². The zero-order valence-electron chi connectivity index (χ0n) is 20.3.